The summed E-state index contributed by atoms with van der Waals surface area (Å²) in [4.78, 5) is 0. The molecule has 0 bridgehead atoms. The Balaban J connectivity index is 2.82. The van der Waals surface area contributed by atoms with Gasteiger partial charge in [0.05, 0.1) is 0 Å². The lowest BCUT2D eigenvalue weighted by atomic mass is 10.1. The first-order valence-corrected chi connectivity index (χ1v) is 4.89. The van der Waals surface area contributed by atoms with Crippen LogP contribution in [0.5, 0.6) is 0 Å². The van der Waals surface area contributed by atoms with Crippen LogP contribution in [0, 0.1) is 6.92 Å². The molecule has 66 valence electrons. The molecule has 1 rings (SSSR count). The van der Waals surface area contributed by atoms with Gasteiger partial charge in [0.2, 0.25) is 0 Å². The van der Waals surface area contributed by atoms with Gasteiger partial charge in [-0.05, 0) is 37.5 Å². The minimum absolute atomic E-state index is 0.236. The van der Waals surface area contributed by atoms with E-state index in [1.807, 2.05) is 6.92 Å². The highest BCUT2D eigenvalue weighted by atomic mass is 79.9. The highest BCUT2D eigenvalue weighted by molar-refractivity contribution is 9.10. The summed E-state index contributed by atoms with van der Waals surface area (Å²) >= 11 is 3.50. The topological polar surface area (TPSA) is 26.0 Å². The largest absolute Gasteiger partial charge is 0.328 e. The van der Waals surface area contributed by atoms with Crippen molar-refractivity contribution in [3.05, 3.63) is 33.8 Å². The van der Waals surface area contributed by atoms with E-state index in [0.717, 1.165) is 6.42 Å². The Morgan fingerprint density at radius 2 is 2.17 bits per heavy atom. The van der Waals surface area contributed by atoms with Gasteiger partial charge in [-0.1, -0.05) is 28.1 Å². The summed E-state index contributed by atoms with van der Waals surface area (Å²) in [6.45, 7) is 4.10. The molecule has 0 heterocycles. The van der Waals surface area contributed by atoms with Crippen LogP contribution in [0.15, 0.2) is 22.7 Å². The first-order valence-electron chi connectivity index (χ1n) is 4.10. The molecule has 0 aliphatic carbocycles. The zero-order valence-electron chi connectivity index (χ0n) is 7.47. The van der Waals surface area contributed by atoms with Crippen molar-refractivity contribution in [3.63, 3.8) is 0 Å². The van der Waals surface area contributed by atoms with E-state index in [2.05, 4.69) is 41.1 Å². The molecule has 0 unspecified atom stereocenters. The fourth-order valence-electron chi connectivity index (χ4n) is 1.14. The molecule has 0 saturated heterocycles. The highest BCUT2D eigenvalue weighted by Crippen LogP contribution is 2.17. The van der Waals surface area contributed by atoms with E-state index in [9.17, 15) is 0 Å². The van der Waals surface area contributed by atoms with Gasteiger partial charge in [0.25, 0.3) is 0 Å². The number of hydrogen-bond donors (Lipinski definition) is 1. The maximum absolute atomic E-state index is 5.70. The fraction of sp³-hybridized carbons (Fsp3) is 0.400. The van der Waals surface area contributed by atoms with Crippen LogP contribution in [-0.4, -0.2) is 6.04 Å². The van der Waals surface area contributed by atoms with E-state index in [1.165, 1.54) is 15.6 Å². The fourth-order valence-corrected chi connectivity index (χ4v) is 1.56. The van der Waals surface area contributed by atoms with Gasteiger partial charge in [-0.2, -0.15) is 0 Å². The second-order valence-corrected chi connectivity index (χ2v) is 4.12. The van der Waals surface area contributed by atoms with Crippen LogP contribution in [0.1, 0.15) is 18.1 Å². The van der Waals surface area contributed by atoms with Gasteiger partial charge < -0.3 is 5.73 Å². The lowest BCUT2D eigenvalue weighted by Gasteiger charge is -2.06. The first kappa shape index (κ1) is 9.75. The zero-order chi connectivity index (χ0) is 9.14. The monoisotopic (exact) mass is 227 g/mol. The van der Waals surface area contributed by atoms with Gasteiger partial charge >= 0.3 is 0 Å². The Hall–Kier alpha value is -0.340. The lowest BCUT2D eigenvalue weighted by molar-refractivity contribution is 0.737. The number of hydrogen-bond acceptors (Lipinski definition) is 1. The van der Waals surface area contributed by atoms with Gasteiger partial charge in [-0.25, -0.2) is 0 Å². The van der Waals surface area contributed by atoms with E-state index in [-0.39, 0.29) is 6.04 Å². The summed E-state index contributed by atoms with van der Waals surface area (Å²) < 4.78 is 1.17. The van der Waals surface area contributed by atoms with Crippen LogP contribution in [0.3, 0.4) is 0 Å². The second kappa shape index (κ2) is 4.06. The number of nitrogens with two attached hydrogens (primary N) is 1. The third-order valence-electron chi connectivity index (χ3n) is 1.79. The molecule has 1 aromatic rings. The highest BCUT2D eigenvalue weighted by Gasteiger charge is 1.99. The summed E-state index contributed by atoms with van der Waals surface area (Å²) in [5, 5.41) is 0. The standard InChI is InChI=1S/C10H14BrN/c1-7-3-4-9(5-8(2)12)6-10(7)11/h3-4,6,8H,5,12H2,1-2H3/t8-/m1/s1. The average molecular weight is 228 g/mol. The second-order valence-electron chi connectivity index (χ2n) is 3.26. The molecule has 1 atom stereocenters. The maximum Gasteiger partial charge on any atom is 0.0207 e. The van der Waals surface area contributed by atoms with Crippen molar-refractivity contribution in [2.24, 2.45) is 5.73 Å². The molecule has 2 heteroatoms. The molecule has 0 fully saturated rings. The van der Waals surface area contributed by atoms with Crippen molar-refractivity contribution in [3.8, 4) is 0 Å². The smallest absolute Gasteiger partial charge is 0.0207 e. The molecule has 2 N–H and O–H groups in total. The van der Waals surface area contributed by atoms with Gasteiger partial charge in [-0.15, -0.1) is 0 Å². The van der Waals surface area contributed by atoms with Crippen LogP contribution in [0.4, 0.5) is 0 Å². The first-order chi connectivity index (χ1) is 5.59. The van der Waals surface area contributed by atoms with Crippen molar-refractivity contribution in [2.75, 3.05) is 0 Å². The molecule has 0 amide bonds. The van der Waals surface area contributed by atoms with E-state index >= 15 is 0 Å². The summed E-state index contributed by atoms with van der Waals surface area (Å²) in [6, 6.07) is 6.61. The minimum atomic E-state index is 0.236. The van der Waals surface area contributed by atoms with Gasteiger partial charge in [0, 0.05) is 10.5 Å². The van der Waals surface area contributed by atoms with Crippen LogP contribution >= 0.6 is 15.9 Å². The normalized spacial score (nSPS) is 13.0. The van der Waals surface area contributed by atoms with E-state index in [1.54, 1.807) is 0 Å². The summed E-state index contributed by atoms with van der Waals surface area (Å²) in [5.74, 6) is 0. The Kier molecular flexibility index (Phi) is 3.29. The van der Waals surface area contributed by atoms with Crippen molar-refractivity contribution in [2.45, 2.75) is 26.3 Å². The van der Waals surface area contributed by atoms with Crippen LogP contribution in [-0.2, 0) is 6.42 Å². The third-order valence-corrected chi connectivity index (χ3v) is 2.65. The Morgan fingerprint density at radius 1 is 1.50 bits per heavy atom. The number of aryl methyl sites for hydroxylation is 1. The van der Waals surface area contributed by atoms with Gasteiger partial charge in [0.15, 0.2) is 0 Å². The molecule has 0 aliphatic heterocycles. The number of halogens is 1. The third kappa shape index (κ3) is 2.61. The van der Waals surface area contributed by atoms with Crippen LogP contribution in [0.2, 0.25) is 0 Å². The van der Waals surface area contributed by atoms with Gasteiger partial charge in [0.1, 0.15) is 0 Å². The van der Waals surface area contributed by atoms with E-state index in [4.69, 9.17) is 5.73 Å². The Morgan fingerprint density at radius 3 is 2.67 bits per heavy atom. The van der Waals surface area contributed by atoms with Crippen LogP contribution < -0.4 is 5.73 Å². The molecule has 12 heavy (non-hydrogen) atoms. The average Bonchev–Trinajstić information content (AvgIpc) is 1.96. The summed E-state index contributed by atoms with van der Waals surface area (Å²) in [7, 11) is 0. The molecular formula is C10H14BrN. The van der Waals surface area contributed by atoms with E-state index in [0.29, 0.717) is 0 Å². The predicted octanol–water partition coefficient (Wildman–Crippen LogP) is 2.65. The number of benzene rings is 1. The Labute approximate surface area is 82.1 Å². The van der Waals surface area contributed by atoms with Crippen molar-refractivity contribution < 1.29 is 0 Å². The minimum Gasteiger partial charge on any atom is -0.328 e. The van der Waals surface area contributed by atoms with Gasteiger partial charge in [-0.3, -0.25) is 0 Å². The number of rotatable bonds is 2. The summed E-state index contributed by atoms with van der Waals surface area (Å²) in [5.41, 5.74) is 8.26. The maximum atomic E-state index is 5.70. The summed E-state index contributed by atoms with van der Waals surface area (Å²) in [6.07, 6.45) is 0.943. The molecule has 1 aromatic carbocycles. The Bertz CT molecular complexity index is 269. The van der Waals surface area contributed by atoms with Crippen LogP contribution in [0.25, 0.3) is 0 Å². The SMILES string of the molecule is Cc1ccc(C[C@@H](C)N)cc1Br. The van der Waals surface area contributed by atoms with Crippen molar-refractivity contribution in [1.29, 1.82) is 0 Å². The lowest BCUT2D eigenvalue weighted by Crippen LogP contribution is -2.17. The quantitative estimate of drug-likeness (QED) is 0.827. The van der Waals surface area contributed by atoms with Crippen molar-refractivity contribution in [1.82, 2.24) is 0 Å². The predicted molar refractivity (Wildman–Crippen MR) is 56.2 cm³/mol. The molecule has 0 spiro atoms. The molecular weight excluding hydrogens is 214 g/mol. The molecule has 0 radical (unpaired) electrons. The zero-order valence-corrected chi connectivity index (χ0v) is 9.06. The molecule has 0 aliphatic rings. The molecule has 1 nitrogen and oxygen atoms in total. The molecule has 0 aromatic heterocycles. The molecule has 0 saturated carbocycles. The van der Waals surface area contributed by atoms with Crippen molar-refractivity contribution >= 4 is 15.9 Å². The van der Waals surface area contributed by atoms with E-state index < -0.39 is 0 Å².